The number of aliphatic hydroxyl groups excluding tert-OH is 4. The molecular weight excluding hydrogens is 784 g/mol. The molecule has 2 aliphatic carbocycles. The molecule has 322 valence electrons. The van der Waals surface area contributed by atoms with Crippen LogP contribution in [0.25, 0.3) is 0 Å². The van der Waals surface area contributed by atoms with Crippen LogP contribution in [0.2, 0.25) is 0 Å². The number of phenols is 6. The van der Waals surface area contributed by atoms with Crippen LogP contribution >= 0.6 is 0 Å². The predicted octanol–water partition coefficient (Wildman–Crippen LogP) is 6.77. The van der Waals surface area contributed by atoms with Gasteiger partial charge >= 0.3 is 0 Å². The standard InChI is InChI=1S/C44H50O16/c1-10-12-23(47)29-33(51)19(31(49)20(34(29)52)15-22-36(54)27(17(4)45)41(59)43(6,7)39(22)57)14-21-32(50)25(37(55)30(35(21)53)24(48)13-11-2)16(3)26-38(56)28(18(5)46)42(60)44(8,9)40(26)58/h16,49-58H,10-15H2,1-9H3. The molecule has 16 nitrogen and oxygen atoms in total. The van der Waals surface area contributed by atoms with Gasteiger partial charge in [0.2, 0.25) is 0 Å². The van der Waals surface area contributed by atoms with E-state index in [4.69, 9.17) is 0 Å². The number of phenolic OH excluding ortho intramolecular Hbond substituents is 6. The SMILES string of the molecule is CCCC(=O)c1c(O)c(CC2=C(O)C(C)(C)C(=O)C(C(C)=O)=C2O)c(O)c(Cc2c(O)c(C(=O)CCC)c(O)c(C(C)C3=C(O)C(C)(C)C(=O)C(C(C)=O)=C3O)c2O)c1O. The molecule has 0 radical (unpaired) electrons. The van der Waals surface area contributed by atoms with Crippen LogP contribution in [0, 0.1) is 10.8 Å². The van der Waals surface area contributed by atoms with E-state index in [1.54, 1.807) is 13.8 Å². The minimum absolute atomic E-state index is 0.191. The average molecular weight is 835 g/mol. The van der Waals surface area contributed by atoms with Crippen molar-refractivity contribution in [2.24, 2.45) is 10.8 Å². The number of hydrogen-bond donors (Lipinski definition) is 10. The molecule has 4 rings (SSSR count). The molecule has 16 heteroatoms. The molecule has 0 spiro atoms. The Balaban J connectivity index is 2.14. The molecule has 1 atom stereocenters. The highest BCUT2D eigenvalue weighted by Crippen LogP contribution is 2.54. The number of carbonyl (C=O) groups excluding carboxylic acids is 6. The first-order chi connectivity index (χ1) is 27.7. The van der Waals surface area contributed by atoms with Crippen molar-refractivity contribution < 1.29 is 79.8 Å². The third kappa shape index (κ3) is 7.13. The summed E-state index contributed by atoms with van der Waals surface area (Å²) in [5, 5.41) is 115. The van der Waals surface area contributed by atoms with Crippen LogP contribution in [0.1, 0.15) is 137 Å². The monoisotopic (exact) mass is 834 g/mol. The lowest BCUT2D eigenvalue weighted by molar-refractivity contribution is -0.128. The first kappa shape index (κ1) is 46.1. The first-order valence-corrected chi connectivity index (χ1v) is 19.2. The molecule has 0 aromatic heterocycles. The fourth-order valence-electron chi connectivity index (χ4n) is 7.76. The van der Waals surface area contributed by atoms with Gasteiger partial charge in [-0.3, -0.25) is 28.8 Å². The molecule has 0 saturated carbocycles. The number of hydrogen-bond acceptors (Lipinski definition) is 16. The van der Waals surface area contributed by atoms with Gasteiger partial charge in [0.15, 0.2) is 34.7 Å². The van der Waals surface area contributed by atoms with Crippen molar-refractivity contribution in [2.45, 2.75) is 107 Å². The highest BCUT2D eigenvalue weighted by molar-refractivity contribution is 6.24. The lowest BCUT2D eigenvalue weighted by Gasteiger charge is -2.33. The molecule has 0 amide bonds. The van der Waals surface area contributed by atoms with Crippen molar-refractivity contribution in [1.29, 1.82) is 0 Å². The highest BCUT2D eigenvalue weighted by atomic mass is 16.3. The summed E-state index contributed by atoms with van der Waals surface area (Å²) in [4.78, 5) is 78.4. The number of Topliss-reactive ketones (excluding diaryl/α,β-unsaturated/α-hetero) is 6. The number of allylic oxidation sites excluding steroid dienone is 6. The first-order valence-electron chi connectivity index (χ1n) is 19.2. The van der Waals surface area contributed by atoms with Gasteiger partial charge in [-0.05, 0) is 54.4 Å². The summed E-state index contributed by atoms with van der Waals surface area (Å²) in [6.45, 7) is 11.5. The molecule has 60 heavy (non-hydrogen) atoms. The van der Waals surface area contributed by atoms with E-state index in [1.165, 1.54) is 34.6 Å². The van der Waals surface area contributed by atoms with Crippen molar-refractivity contribution in [1.82, 2.24) is 0 Å². The molecule has 2 aromatic carbocycles. The molecule has 0 fully saturated rings. The number of ketones is 6. The van der Waals surface area contributed by atoms with E-state index in [1.807, 2.05) is 0 Å². The quantitative estimate of drug-likeness (QED) is 0.0694. The summed E-state index contributed by atoms with van der Waals surface area (Å²) in [5.74, 6) is -16.7. The Hall–Kier alpha value is -6.58. The topological polar surface area (TPSA) is 305 Å². The van der Waals surface area contributed by atoms with Gasteiger partial charge < -0.3 is 51.1 Å². The molecular formula is C44H50O16. The van der Waals surface area contributed by atoms with E-state index >= 15 is 0 Å². The Kier molecular flexibility index (Phi) is 12.5. The second-order valence-electron chi connectivity index (χ2n) is 16.2. The maximum absolute atomic E-state index is 13.6. The predicted molar refractivity (Wildman–Crippen MR) is 214 cm³/mol. The summed E-state index contributed by atoms with van der Waals surface area (Å²) in [6, 6.07) is 0. The summed E-state index contributed by atoms with van der Waals surface area (Å²) in [6.07, 6.45) is -2.03. The number of aromatic hydroxyl groups is 6. The molecule has 0 aliphatic heterocycles. The molecule has 0 bridgehead atoms. The normalized spacial score (nSPS) is 17.1. The van der Waals surface area contributed by atoms with Gasteiger partial charge in [-0.1, -0.05) is 20.8 Å². The molecule has 2 aromatic rings. The number of rotatable bonds is 14. The minimum Gasteiger partial charge on any atom is -0.511 e. The zero-order valence-electron chi connectivity index (χ0n) is 34.7. The summed E-state index contributed by atoms with van der Waals surface area (Å²) in [7, 11) is 0. The van der Waals surface area contributed by atoms with Crippen molar-refractivity contribution in [2.75, 3.05) is 0 Å². The van der Waals surface area contributed by atoms with Crippen LogP contribution in [-0.2, 0) is 32.0 Å². The number of carbonyl (C=O) groups is 6. The van der Waals surface area contributed by atoms with Crippen molar-refractivity contribution in [3.8, 4) is 34.5 Å². The van der Waals surface area contributed by atoms with Crippen LogP contribution in [0.4, 0.5) is 0 Å². The second kappa shape index (κ2) is 16.2. The maximum atomic E-state index is 13.6. The number of benzene rings is 2. The zero-order chi connectivity index (χ0) is 45.8. The Morgan fingerprint density at radius 3 is 1.35 bits per heavy atom. The minimum atomic E-state index is -1.82. The Bertz CT molecular complexity index is 2430. The van der Waals surface area contributed by atoms with Crippen LogP contribution in [0.5, 0.6) is 34.5 Å². The van der Waals surface area contributed by atoms with Gasteiger partial charge in [-0.15, -0.1) is 0 Å². The third-order valence-electron chi connectivity index (χ3n) is 11.3. The summed E-state index contributed by atoms with van der Waals surface area (Å²) in [5.41, 5.74) is -10.2. The molecule has 0 saturated heterocycles. The van der Waals surface area contributed by atoms with Crippen LogP contribution in [0.3, 0.4) is 0 Å². The third-order valence-corrected chi connectivity index (χ3v) is 11.3. The van der Waals surface area contributed by atoms with E-state index in [2.05, 4.69) is 0 Å². The average Bonchev–Trinajstić information content (AvgIpc) is 3.13. The Labute approximate surface area is 344 Å². The number of aliphatic hydroxyl groups is 4. The molecule has 10 N–H and O–H groups in total. The molecule has 0 heterocycles. The largest absolute Gasteiger partial charge is 0.511 e. The van der Waals surface area contributed by atoms with Crippen molar-refractivity contribution in [3.63, 3.8) is 0 Å². The van der Waals surface area contributed by atoms with Gasteiger partial charge in [-0.2, -0.15) is 0 Å². The van der Waals surface area contributed by atoms with Crippen LogP contribution < -0.4 is 0 Å². The lowest BCUT2D eigenvalue weighted by atomic mass is 9.71. The van der Waals surface area contributed by atoms with E-state index in [9.17, 15) is 79.8 Å². The second-order valence-corrected chi connectivity index (χ2v) is 16.2. The van der Waals surface area contributed by atoms with Gasteiger partial charge in [-0.25, -0.2) is 0 Å². The highest BCUT2D eigenvalue weighted by Gasteiger charge is 2.48. The van der Waals surface area contributed by atoms with Gasteiger partial charge in [0, 0.05) is 65.0 Å². The molecule has 1 unspecified atom stereocenters. The zero-order valence-corrected chi connectivity index (χ0v) is 34.7. The van der Waals surface area contributed by atoms with Crippen LogP contribution in [0.15, 0.2) is 45.3 Å². The van der Waals surface area contributed by atoms with Crippen molar-refractivity contribution in [3.05, 3.63) is 78.7 Å². The van der Waals surface area contributed by atoms with Gasteiger partial charge in [0.25, 0.3) is 0 Å². The summed E-state index contributed by atoms with van der Waals surface area (Å²) >= 11 is 0. The van der Waals surface area contributed by atoms with Crippen LogP contribution in [-0.4, -0.2) is 85.8 Å². The Morgan fingerprint density at radius 2 is 0.917 bits per heavy atom. The van der Waals surface area contributed by atoms with Gasteiger partial charge in [0.05, 0.1) is 10.8 Å². The van der Waals surface area contributed by atoms with E-state index < -0.39 is 177 Å². The van der Waals surface area contributed by atoms with E-state index in [-0.39, 0.29) is 25.7 Å². The smallest absolute Gasteiger partial charge is 0.183 e. The molecule has 2 aliphatic rings. The van der Waals surface area contributed by atoms with Crippen molar-refractivity contribution >= 4 is 34.7 Å². The van der Waals surface area contributed by atoms with Gasteiger partial charge in [0.1, 0.15) is 79.8 Å². The Morgan fingerprint density at radius 1 is 0.533 bits per heavy atom. The fourth-order valence-corrected chi connectivity index (χ4v) is 7.76. The fraction of sp³-hybridized carbons (Fsp3) is 0.409. The maximum Gasteiger partial charge on any atom is 0.183 e. The van der Waals surface area contributed by atoms with E-state index in [0.717, 1.165) is 13.8 Å². The lowest BCUT2D eigenvalue weighted by Crippen LogP contribution is -2.36. The van der Waals surface area contributed by atoms with E-state index in [0.29, 0.717) is 0 Å². The summed E-state index contributed by atoms with van der Waals surface area (Å²) < 4.78 is 0.